The Morgan fingerprint density at radius 3 is 2.63 bits per heavy atom. The molecule has 8 heteroatoms. The second kappa shape index (κ2) is 6.61. The fourth-order valence-corrected chi connectivity index (χ4v) is 4.27. The third kappa shape index (κ3) is 3.05. The summed E-state index contributed by atoms with van der Waals surface area (Å²) in [6, 6.07) is 4.85. The van der Waals surface area contributed by atoms with Crippen LogP contribution < -0.4 is 15.5 Å². The standard InChI is InChI=1S/C19H26FN3O4/c1-18(2)12-22(6-5-19(18)25-7-8-26-19)16-4-3-13(9-15(16)20)23-11-14(10-21)27-17(23)24/h3-4,9,14H,5-8,10-12,21H2,1-2H3/t14-/m0/s1. The van der Waals surface area contributed by atoms with Crippen LogP contribution in [0.2, 0.25) is 0 Å². The van der Waals surface area contributed by atoms with Crippen molar-refractivity contribution in [3.8, 4) is 0 Å². The Hall–Kier alpha value is -1.90. The summed E-state index contributed by atoms with van der Waals surface area (Å²) in [5.74, 6) is -0.951. The minimum atomic E-state index is -0.587. The maximum atomic E-state index is 14.9. The van der Waals surface area contributed by atoms with E-state index in [2.05, 4.69) is 13.8 Å². The van der Waals surface area contributed by atoms with Gasteiger partial charge in [0.25, 0.3) is 0 Å². The van der Waals surface area contributed by atoms with Crippen LogP contribution >= 0.6 is 0 Å². The molecule has 1 spiro atoms. The number of hydrogen-bond acceptors (Lipinski definition) is 6. The lowest BCUT2D eigenvalue weighted by molar-refractivity contribution is -0.235. The Morgan fingerprint density at radius 1 is 1.30 bits per heavy atom. The average Bonchev–Trinajstić information content (AvgIpc) is 3.25. The van der Waals surface area contributed by atoms with Crippen molar-refractivity contribution in [1.82, 2.24) is 0 Å². The van der Waals surface area contributed by atoms with Crippen LogP contribution in [0.5, 0.6) is 0 Å². The van der Waals surface area contributed by atoms with Gasteiger partial charge < -0.3 is 24.8 Å². The Bertz CT molecular complexity index is 736. The summed E-state index contributed by atoms with van der Waals surface area (Å²) in [5, 5.41) is 0. The quantitative estimate of drug-likeness (QED) is 0.867. The van der Waals surface area contributed by atoms with E-state index < -0.39 is 11.9 Å². The smallest absolute Gasteiger partial charge is 0.414 e. The lowest BCUT2D eigenvalue weighted by Gasteiger charge is -2.50. The highest BCUT2D eigenvalue weighted by molar-refractivity contribution is 5.90. The summed E-state index contributed by atoms with van der Waals surface area (Å²) in [6.45, 7) is 7.21. The first-order valence-corrected chi connectivity index (χ1v) is 9.36. The van der Waals surface area contributed by atoms with Gasteiger partial charge in [0.2, 0.25) is 0 Å². The van der Waals surface area contributed by atoms with Gasteiger partial charge in [-0.05, 0) is 18.2 Å². The largest absolute Gasteiger partial charge is 0.443 e. The molecule has 3 saturated heterocycles. The maximum absolute atomic E-state index is 14.9. The molecule has 1 aromatic carbocycles. The molecule has 1 atom stereocenters. The van der Waals surface area contributed by atoms with E-state index in [4.69, 9.17) is 19.9 Å². The van der Waals surface area contributed by atoms with Crippen molar-refractivity contribution in [1.29, 1.82) is 0 Å². The lowest BCUT2D eigenvalue weighted by Crippen LogP contribution is -2.58. The number of nitrogens with zero attached hydrogens (tertiary/aromatic N) is 2. The van der Waals surface area contributed by atoms with E-state index in [1.54, 1.807) is 12.1 Å². The van der Waals surface area contributed by atoms with Gasteiger partial charge in [-0.15, -0.1) is 0 Å². The molecule has 0 aliphatic carbocycles. The molecule has 7 nitrogen and oxygen atoms in total. The number of halogens is 1. The molecule has 1 aromatic rings. The van der Waals surface area contributed by atoms with Gasteiger partial charge in [0.15, 0.2) is 5.79 Å². The van der Waals surface area contributed by atoms with Gasteiger partial charge >= 0.3 is 6.09 Å². The highest BCUT2D eigenvalue weighted by Gasteiger charge is 2.53. The zero-order valence-electron chi connectivity index (χ0n) is 15.7. The second-order valence-electron chi connectivity index (χ2n) is 7.99. The monoisotopic (exact) mass is 379 g/mol. The van der Waals surface area contributed by atoms with E-state index in [0.717, 1.165) is 0 Å². The molecule has 3 aliphatic heterocycles. The average molecular weight is 379 g/mol. The van der Waals surface area contributed by atoms with E-state index in [0.29, 0.717) is 50.6 Å². The summed E-state index contributed by atoms with van der Waals surface area (Å²) in [4.78, 5) is 15.4. The summed E-state index contributed by atoms with van der Waals surface area (Å²) >= 11 is 0. The number of nitrogens with two attached hydrogens (primary N) is 1. The molecule has 0 radical (unpaired) electrons. The predicted octanol–water partition coefficient (Wildman–Crippen LogP) is 2.09. The van der Waals surface area contributed by atoms with Crippen molar-refractivity contribution in [2.75, 3.05) is 49.2 Å². The molecule has 3 heterocycles. The van der Waals surface area contributed by atoms with Crippen molar-refractivity contribution >= 4 is 17.5 Å². The zero-order chi connectivity index (χ0) is 19.2. The maximum Gasteiger partial charge on any atom is 0.414 e. The molecule has 2 N–H and O–H groups in total. The molecular weight excluding hydrogens is 353 g/mol. The van der Waals surface area contributed by atoms with E-state index in [9.17, 15) is 9.18 Å². The first-order valence-electron chi connectivity index (χ1n) is 9.36. The number of cyclic esters (lactones) is 1. The fourth-order valence-electron chi connectivity index (χ4n) is 4.27. The molecule has 0 bridgehead atoms. The molecule has 1 amide bonds. The number of piperidine rings is 1. The lowest BCUT2D eigenvalue weighted by atomic mass is 9.77. The summed E-state index contributed by atoms with van der Waals surface area (Å²) in [6.07, 6.45) is -0.169. The molecule has 3 fully saturated rings. The molecule has 148 valence electrons. The first kappa shape index (κ1) is 18.5. The van der Waals surface area contributed by atoms with E-state index >= 15 is 0 Å². The van der Waals surface area contributed by atoms with Crippen LogP contribution in [0.4, 0.5) is 20.6 Å². The Kier molecular flexibility index (Phi) is 4.52. The van der Waals surface area contributed by atoms with Crippen LogP contribution in [0.25, 0.3) is 0 Å². The van der Waals surface area contributed by atoms with Gasteiger partial charge in [0.05, 0.1) is 31.1 Å². The number of anilines is 2. The highest BCUT2D eigenvalue weighted by Crippen LogP contribution is 2.46. The SMILES string of the molecule is CC1(C)CN(c2ccc(N3C[C@H](CN)OC3=O)cc2F)CCC12OCCO2. The van der Waals surface area contributed by atoms with Crippen LogP contribution in [0.3, 0.4) is 0 Å². The van der Waals surface area contributed by atoms with Gasteiger partial charge in [0, 0.05) is 31.5 Å². The van der Waals surface area contributed by atoms with Crippen LogP contribution in [0.15, 0.2) is 18.2 Å². The first-order chi connectivity index (χ1) is 12.9. The molecule has 0 saturated carbocycles. The van der Waals surface area contributed by atoms with Gasteiger partial charge in [-0.3, -0.25) is 4.90 Å². The number of amides is 1. The molecule has 3 aliphatic rings. The predicted molar refractivity (Wildman–Crippen MR) is 98.3 cm³/mol. The van der Waals surface area contributed by atoms with Crippen molar-refractivity contribution in [2.24, 2.45) is 11.1 Å². The van der Waals surface area contributed by atoms with E-state index in [-0.39, 0.29) is 23.9 Å². The van der Waals surface area contributed by atoms with Crippen molar-refractivity contribution in [3.05, 3.63) is 24.0 Å². The number of carbonyl (C=O) groups excluding carboxylic acids is 1. The van der Waals surface area contributed by atoms with Gasteiger partial charge in [-0.25, -0.2) is 9.18 Å². The molecule has 0 unspecified atom stereocenters. The third-order valence-corrected chi connectivity index (χ3v) is 5.80. The van der Waals surface area contributed by atoms with Crippen LogP contribution in [0, 0.1) is 11.2 Å². The Labute approximate surface area is 158 Å². The van der Waals surface area contributed by atoms with Crippen LogP contribution in [-0.2, 0) is 14.2 Å². The number of benzene rings is 1. The van der Waals surface area contributed by atoms with Crippen molar-refractivity contribution < 1.29 is 23.4 Å². The van der Waals surface area contributed by atoms with Crippen molar-refractivity contribution in [2.45, 2.75) is 32.2 Å². The van der Waals surface area contributed by atoms with Crippen LogP contribution in [0.1, 0.15) is 20.3 Å². The Balaban J connectivity index is 1.53. The molecule has 27 heavy (non-hydrogen) atoms. The van der Waals surface area contributed by atoms with Crippen LogP contribution in [-0.4, -0.2) is 57.4 Å². The number of ether oxygens (including phenoxy) is 3. The number of carbonyl (C=O) groups is 1. The number of hydrogen-bond donors (Lipinski definition) is 1. The highest BCUT2D eigenvalue weighted by atomic mass is 19.1. The third-order valence-electron chi connectivity index (χ3n) is 5.80. The molecular formula is C19H26FN3O4. The summed E-state index contributed by atoms with van der Waals surface area (Å²) < 4.78 is 31.9. The normalized spacial score (nSPS) is 26.7. The Morgan fingerprint density at radius 2 is 2.04 bits per heavy atom. The van der Waals surface area contributed by atoms with Gasteiger partial charge in [0.1, 0.15) is 11.9 Å². The van der Waals surface area contributed by atoms with E-state index in [1.807, 2.05) is 4.90 Å². The number of rotatable bonds is 3. The fraction of sp³-hybridized carbons (Fsp3) is 0.632. The van der Waals surface area contributed by atoms with E-state index in [1.165, 1.54) is 11.0 Å². The molecule has 0 aromatic heterocycles. The molecule has 4 rings (SSSR count). The summed E-state index contributed by atoms with van der Waals surface area (Å²) in [7, 11) is 0. The summed E-state index contributed by atoms with van der Waals surface area (Å²) in [5.41, 5.74) is 6.27. The van der Waals surface area contributed by atoms with Gasteiger partial charge in [-0.1, -0.05) is 13.8 Å². The second-order valence-corrected chi connectivity index (χ2v) is 7.99. The van der Waals surface area contributed by atoms with Gasteiger partial charge in [-0.2, -0.15) is 0 Å². The zero-order valence-corrected chi connectivity index (χ0v) is 15.7. The topological polar surface area (TPSA) is 77.3 Å². The van der Waals surface area contributed by atoms with Crippen molar-refractivity contribution in [3.63, 3.8) is 0 Å². The minimum absolute atomic E-state index is 0.248. The minimum Gasteiger partial charge on any atom is -0.443 e.